The van der Waals surface area contributed by atoms with E-state index in [4.69, 9.17) is 9.47 Å². The maximum absolute atomic E-state index is 12.4. The third-order valence-corrected chi connectivity index (χ3v) is 6.59. The lowest BCUT2D eigenvalue weighted by atomic mass is 10.1. The molecule has 0 spiro atoms. The number of hydrazone groups is 1. The van der Waals surface area contributed by atoms with Crippen LogP contribution in [-0.4, -0.2) is 41.3 Å². The summed E-state index contributed by atoms with van der Waals surface area (Å²) in [5.41, 5.74) is 4.42. The van der Waals surface area contributed by atoms with Gasteiger partial charge in [-0.2, -0.15) is 5.10 Å². The zero-order valence-electron chi connectivity index (χ0n) is 19.8. The largest absolute Gasteiger partial charge is 0.493 e. The third-order valence-electron chi connectivity index (χ3n) is 4.90. The second-order valence-electron chi connectivity index (χ2n) is 7.52. The van der Waals surface area contributed by atoms with Crippen LogP contribution in [-0.2, 0) is 11.2 Å². The van der Waals surface area contributed by atoms with Crippen molar-refractivity contribution < 1.29 is 23.9 Å². The molecule has 37 heavy (non-hydrogen) atoms. The van der Waals surface area contributed by atoms with Gasteiger partial charge in [-0.1, -0.05) is 35.6 Å². The molecule has 0 aliphatic carbocycles. The molecule has 0 saturated carbocycles. The second-order valence-corrected chi connectivity index (χ2v) is 9.53. The van der Waals surface area contributed by atoms with E-state index >= 15 is 0 Å². The Balaban J connectivity index is 1.30. The molecule has 0 unspecified atom stereocenters. The third kappa shape index (κ3) is 6.84. The first-order chi connectivity index (χ1) is 17.9. The Kier molecular flexibility index (Phi) is 8.33. The van der Waals surface area contributed by atoms with Crippen molar-refractivity contribution in [2.45, 2.75) is 13.3 Å². The van der Waals surface area contributed by atoms with Crippen LogP contribution in [0.3, 0.4) is 0 Å². The number of nitrogens with zero attached hydrogens (tertiary/aromatic N) is 3. The molecule has 2 heterocycles. The molecule has 0 aliphatic heterocycles. The lowest BCUT2D eigenvalue weighted by molar-refractivity contribution is -0.120. The lowest BCUT2D eigenvalue weighted by Gasteiger charge is -2.09. The summed E-state index contributed by atoms with van der Waals surface area (Å²) in [6, 6.07) is 15.5. The van der Waals surface area contributed by atoms with Crippen LogP contribution >= 0.6 is 22.7 Å². The summed E-state index contributed by atoms with van der Waals surface area (Å²) in [5.74, 6) is -0.565. The van der Waals surface area contributed by atoms with Crippen LogP contribution < -0.4 is 20.2 Å². The minimum atomic E-state index is -0.475. The standard InChI is InChI=1S/C25H21N5O5S2/c1-15-6-3-4-7-17(15)23(32)27-25-30-29-22(37-25)13-21(31)28-26-14-16-9-10-18(19(12-16)34-2)35-24(33)20-8-5-11-36-20/h3-12,14H,13H2,1-2H3,(H,28,31)(H,27,30,32)/b26-14-. The maximum Gasteiger partial charge on any atom is 0.353 e. The zero-order chi connectivity index (χ0) is 26.2. The first kappa shape index (κ1) is 25.7. The highest BCUT2D eigenvalue weighted by molar-refractivity contribution is 7.15. The van der Waals surface area contributed by atoms with Gasteiger partial charge in [0.1, 0.15) is 9.88 Å². The number of esters is 1. The molecule has 188 valence electrons. The van der Waals surface area contributed by atoms with Gasteiger partial charge in [0, 0.05) is 5.56 Å². The average Bonchev–Trinajstić information content (AvgIpc) is 3.58. The molecule has 4 aromatic rings. The summed E-state index contributed by atoms with van der Waals surface area (Å²) >= 11 is 2.39. The average molecular weight is 536 g/mol. The molecular formula is C25H21N5O5S2. The van der Waals surface area contributed by atoms with Crippen molar-refractivity contribution in [3.05, 3.63) is 86.6 Å². The number of carbonyl (C=O) groups is 3. The van der Waals surface area contributed by atoms with Gasteiger partial charge in [0.2, 0.25) is 11.0 Å². The number of nitrogens with one attached hydrogen (secondary N) is 2. The highest BCUT2D eigenvalue weighted by Gasteiger charge is 2.15. The number of hydrogen-bond donors (Lipinski definition) is 2. The van der Waals surface area contributed by atoms with E-state index in [1.807, 2.05) is 19.1 Å². The number of amides is 2. The molecule has 4 rings (SSSR count). The molecular weight excluding hydrogens is 514 g/mol. The first-order valence-corrected chi connectivity index (χ1v) is 12.6. The monoisotopic (exact) mass is 535 g/mol. The Morgan fingerprint density at radius 1 is 1.05 bits per heavy atom. The Hall–Kier alpha value is -4.42. The Labute approximate surface area is 220 Å². The van der Waals surface area contributed by atoms with E-state index in [0.717, 1.165) is 16.9 Å². The van der Waals surface area contributed by atoms with Gasteiger partial charge in [0.05, 0.1) is 19.7 Å². The number of hydrogen-bond acceptors (Lipinski definition) is 10. The number of aryl methyl sites for hydroxylation is 1. The van der Waals surface area contributed by atoms with E-state index < -0.39 is 11.9 Å². The maximum atomic E-state index is 12.4. The molecule has 0 bridgehead atoms. The predicted octanol–water partition coefficient (Wildman–Crippen LogP) is 4.08. The van der Waals surface area contributed by atoms with Gasteiger partial charge in [-0.05, 0) is 53.8 Å². The first-order valence-electron chi connectivity index (χ1n) is 10.9. The predicted molar refractivity (Wildman–Crippen MR) is 141 cm³/mol. The van der Waals surface area contributed by atoms with Crippen molar-refractivity contribution in [2.24, 2.45) is 5.10 Å². The van der Waals surface area contributed by atoms with Crippen molar-refractivity contribution in [1.82, 2.24) is 15.6 Å². The summed E-state index contributed by atoms with van der Waals surface area (Å²) in [4.78, 5) is 37.3. The molecule has 12 heteroatoms. The van der Waals surface area contributed by atoms with Crippen LogP contribution in [0.2, 0.25) is 0 Å². The fourth-order valence-electron chi connectivity index (χ4n) is 3.12. The van der Waals surface area contributed by atoms with Crippen molar-refractivity contribution in [3.8, 4) is 11.5 Å². The number of ether oxygens (including phenoxy) is 2. The number of methoxy groups -OCH3 is 1. The Bertz CT molecular complexity index is 1450. The molecule has 0 fully saturated rings. The normalized spacial score (nSPS) is 10.8. The zero-order valence-corrected chi connectivity index (χ0v) is 21.4. The molecule has 0 saturated heterocycles. The van der Waals surface area contributed by atoms with Crippen molar-refractivity contribution >= 4 is 51.8 Å². The van der Waals surface area contributed by atoms with Crippen LogP contribution in [0, 0.1) is 6.92 Å². The van der Waals surface area contributed by atoms with Crippen molar-refractivity contribution in [3.63, 3.8) is 0 Å². The Morgan fingerprint density at radius 3 is 2.65 bits per heavy atom. The van der Waals surface area contributed by atoms with E-state index in [1.165, 1.54) is 24.7 Å². The molecule has 2 aromatic carbocycles. The Morgan fingerprint density at radius 2 is 1.89 bits per heavy atom. The van der Waals surface area contributed by atoms with Gasteiger partial charge in [-0.15, -0.1) is 21.5 Å². The van der Waals surface area contributed by atoms with Gasteiger partial charge < -0.3 is 9.47 Å². The van der Waals surface area contributed by atoms with E-state index in [9.17, 15) is 14.4 Å². The quantitative estimate of drug-likeness (QED) is 0.143. The van der Waals surface area contributed by atoms with E-state index in [-0.39, 0.29) is 18.1 Å². The highest BCUT2D eigenvalue weighted by atomic mass is 32.1. The second kappa shape index (κ2) is 12.0. The van der Waals surface area contributed by atoms with E-state index in [1.54, 1.807) is 47.8 Å². The fourth-order valence-corrected chi connectivity index (χ4v) is 4.45. The molecule has 0 atom stereocenters. The van der Waals surface area contributed by atoms with Crippen LogP contribution in [0.5, 0.6) is 11.5 Å². The number of rotatable bonds is 9. The van der Waals surface area contributed by atoms with Crippen molar-refractivity contribution in [1.29, 1.82) is 0 Å². The molecule has 2 amide bonds. The molecule has 2 N–H and O–H groups in total. The van der Waals surface area contributed by atoms with E-state index in [0.29, 0.717) is 31.9 Å². The summed E-state index contributed by atoms with van der Waals surface area (Å²) < 4.78 is 10.7. The highest BCUT2D eigenvalue weighted by Crippen LogP contribution is 2.29. The molecule has 10 nitrogen and oxygen atoms in total. The summed E-state index contributed by atoms with van der Waals surface area (Å²) in [6.45, 7) is 1.84. The van der Waals surface area contributed by atoms with Gasteiger partial charge in [-0.3, -0.25) is 14.9 Å². The lowest BCUT2D eigenvalue weighted by Crippen LogP contribution is -2.19. The number of anilines is 1. The van der Waals surface area contributed by atoms with Crippen molar-refractivity contribution in [2.75, 3.05) is 12.4 Å². The molecule has 0 radical (unpaired) electrons. The van der Waals surface area contributed by atoms with Crippen LogP contribution in [0.4, 0.5) is 5.13 Å². The number of carbonyl (C=O) groups excluding carboxylic acids is 3. The number of thiophene rings is 1. The number of aromatic nitrogens is 2. The minimum Gasteiger partial charge on any atom is -0.493 e. The van der Waals surface area contributed by atoms with Crippen LogP contribution in [0.25, 0.3) is 0 Å². The summed E-state index contributed by atoms with van der Waals surface area (Å²) in [7, 11) is 1.46. The van der Waals surface area contributed by atoms with Crippen LogP contribution in [0.1, 0.15) is 36.2 Å². The number of benzene rings is 2. The topological polar surface area (TPSA) is 132 Å². The van der Waals surface area contributed by atoms with Gasteiger partial charge >= 0.3 is 5.97 Å². The summed E-state index contributed by atoms with van der Waals surface area (Å²) in [6.07, 6.45) is 1.37. The van der Waals surface area contributed by atoms with Gasteiger partial charge in [0.15, 0.2) is 11.5 Å². The minimum absolute atomic E-state index is 0.0594. The van der Waals surface area contributed by atoms with Crippen LogP contribution in [0.15, 0.2) is 65.1 Å². The molecule has 0 aliphatic rings. The van der Waals surface area contributed by atoms with Gasteiger partial charge in [-0.25, -0.2) is 10.2 Å². The summed E-state index contributed by atoms with van der Waals surface area (Å²) in [5, 5.41) is 17.0. The fraction of sp³-hybridized carbons (Fsp3) is 0.120. The SMILES string of the molecule is COc1cc(/C=N\NC(=O)Cc2nnc(NC(=O)c3ccccc3C)s2)ccc1OC(=O)c1cccs1. The smallest absolute Gasteiger partial charge is 0.353 e. The van der Waals surface area contributed by atoms with Gasteiger partial charge in [0.25, 0.3) is 5.91 Å². The van der Waals surface area contributed by atoms with E-state index in [2.05, 4.69) is 26.0 Å². The molecule has 2 aromatic heterocycles.